The number of rotatable bonds is 3. The van der Waals surface area contributed by atoms with E-state index in [1.54, 1.807) is 4.68 Å². The molecule has 18 heavy (non-hydrogen) atoms. The molecule has 0 atom stereocenters. The first-order valence-corrected chi connectivity index (χ1v) is 5.24. The van der Waals surface area contributed by atoms with Crippen molar-refractivity contribution in [2.24, 2.45) is 7.05 Å². The van der Waals surface area contributed by atoms with Crippen LogP contribution in [0.1, 0.15) is 16.1 Å². The number of aryl methyl sites for hydroxylation is 2. The maximum absolute atomic E-state index is 10.9. The topological polar surface area (TPSA) is 106 Å². The normalized spacial score (nSPS) is 10.3. The zero-order chi connectivity index (χ0) is 13.3. The number of nitrogens with one attached hydrogen (secondary N) is 1. The van der Waals surface area contributed by atoms with Gasteiger partial charge in [0, 0.05) is 25.0 Å². The Labute approximate surface area is 103 Å². The van der Waals surface area contributed by atoms with Crippen LogP contribution in [0.15, 0.2) is 18.3 Å². The molecule has 4 N–H and O–H groups in total. The number of carboxylic acid groups (broad SMARTS) is 1. The van der Waals surface area contributed by atoms with Gasteiger partial charge in [0.25, 0.3) is 0 Å². The van der Waals surface area contributed by atoms with E-state index in [-0.39, 0.29) is 17.1 Å². The van der Waals surface area contributed by atoms with Gasteiger partial charge in [-0.15, -0.1) is 0 Å². The molecule has 2 rings (SSSR count). The number of hydrogen-bond donors (Lipinski definition) is 3. The van der Waals surface area contributed by atoms with E-state index in [2.05, 4.69) is 15.4 Å². The minimum Gasteiger partial charge on any atom is -0.478 e. The average molecular weight is 247 g/mol. The van der Waals surface area contributed by atoms with E-state index in [9.17, 15) is 4.79 Å². The lowest BCUT2D eigenvalue weighted by Gasteiger charge is -2.07. The second kappa shape index (κ2) is 4.36. The highest BCUT2D eigenvalue weighted by atomic mass is 16.4. The van der Waals surface area contributed by atoms with Crippen LogP contribution >= 0.6 is 0 Å². The molecule has 94 valence electrons. The SMILES string of the molecule is Cc1cc(Nc2nccc(C(=O)O)c2N)nn1C. The van der Waals surface area contributed by atoms with Gasteiger partial charge >= 0.3 is 5.97 Å². The van der Waals surface area contributed by atoms with Crippen LogP contribution in [0.3, 0.4) is 0 Å². The van der Waals surface area contributed by atoms with Crippen molar-refractivity contribution in [3.63, 3.8) is 0 Å². The molecule has 0 saturated heterocycles. The van der Waals surface area contributed by atoms with Crippen molar-refractivity contribution in [1.29, 1.82) is 0 Å². The summed E-state index contributed by atoms with van der Waals surface area (Å²) in [5.74, 6) is -0.236. The van der Waals surface area contributed by atoms with Crippen molar-refractivity contribution in [2.75, 3.05) is 11.1 Å². The number of carbonyl (C=O) groups is 1. The molecule has 2 aromatic rings. The van der Waals surface area contributed by atoms with Crippen molar-refractivity contribution in [3.05, 3.63) is 29.6 Å². The fraction of sp³-hybridized carbons (Fsp3) is 0.182. The average Bonchev–Trinajstić information content (AvgIpc) is 2.60. The van der Waals surface area contributed by atoms with E-state index < -0.39 is 5.97 Å². The summed E-state index contributed by atoms with van der Waals surface area (Å²) in [5, 5.41) is 16.0. The summed E-state index contributed by atoms with van der Waals surface area (Å²) >= 11 is 0. The summed E-state index contributed by atoms with van der Waals surface area (Å²) in [6, 6.07) is 3.17. The number of aromatic carboxylic acids is 1. The van der Waals surface area contributed by atoms with Gasteiger partial charge in [-0.3, -0.25) is 4.68 Å². The molecule has 0 amide bonds. The molecule has 7 heteroatoms. The van der Waals surface area contributed by atoms with E-state index >= 15 is 0 Å². The number of pyridine rings is 1. The largest absolute Gasteiger partial charge is 0.478 e. The lowest BCUT2D eigenvalue weighted by molar-refractivity contribution is 0.0698. The van der Waals surface area contributed by atoms with Gasteiger partial charge < -0.3 is 16.2 Å². The molecule has 0 aliphatic heterocycles. The monoisotopic (exact) mass is 247 g/mol. The lowest BCUT2D eigenvalue weighted by atomic mass is 10.2. The lowest BCUT2D eigenvalue weighted by Crippen LogP contribution is -2.07. The summed E-state index contributed by atoms with van der Waals surface area (Å²) in [6.45, 7) is 1.91. The molecule has 2 heterocycles. The smallest absolute Gasteiger partial charge is 0.337 e. The van der Waals surface area contributed by atoms with Crippen LogP contribution in [-0.2, 0) is 7.05 Å². The Hall–Kier alpha value is -2.57. The third-order valence-electron chi connectivity index (χ3n) is 2.58. The van der Waals surface area contributed by atoms with Crippen LogP contribution < -0.4 is 11.1 Å². The Balaban J connectivity index is 2.35. The zero-order valence-corrected chi connectivity index (χ0v) is 10.0. The summed E-state index contributed by atoms with van der Waals surface area (Å²) in [4.78, 5) is 14.9. The van der Waals surface area contributed by atoms with Gasteiger partial charge in [-0.25, -0.2) is 9.78 Å². The molecule has 0 fully saturated rings. The highest BCUT2D eigenvalue weighted by Crippen LogP contribution is 2.23. The van der Waals surface area contributed by atoms with Gasteiger partial charge in [0.1, 0.15) is 0 Å². The second-order valence-electron chi connectivity index (χ2n) is 3.85. The van der Waals surface area contributed by atoms with Crippen molar-refractivity contribution in [1.82, 2.24) is 14.8 Å². The number of aromatic nitrogens is 3. The molecule has 0 unspecified atom stereocenters. The number of nitrogens with two attached hydrogens (primary N) is 1. The van der Waals surface area contributed by atoms with Gasteiger partial charge in [-0.1, -0.05) is 0 Å². The summed E-state index contributed by atoms with van der Waals surface area (Å²) < 4.78 is 1.69. The third-order valence-corrected chi connectivity index (χ3v) is 2.58. The number of nitrogen functional groups attached to an aromatic ring is 1. The van der Waals surface area contributed by atoms with Crippen LogP contribution in [0, 0.1) is 6.92 Å². The van der Waals surface area contributed by atoms with E-state index in [0.29, 0.717) is 5.82 Å². The predicted molar refractivity (Wildman–Crippen MR) is 66.8 cm³/mol. The van der Waals surface area contributed by atoms with Crippen LogP contribution in [-0.4, -0.2) is 25.8 Å². The zero-order valence-electron chi connectivity index (χ0n) is 10.0. The van der Waals surface area contributed by atoms with Crippen LogP contribution in [0.4, 0.5) is 17.3 Å². The van der Waals surface area contributed by atoms with Gasteiger partial charge in [-0.05, 0) is 13.0 Å². The van der Waals surface area contributed by atoms with Gasteiger partial charge in [0.05, 0.1) is 11.3 Å². The Bertz CT molecular complexity index is 586. The Morgan fingerprint density at radius 3 is 2.83 bits per heavy atom. The standard InChI is InChI=1S/C11H13N5O2/c1-6-5-8(15-16(6)2)14-10-9(12)7(11(17)18)3-4-13-10/h3-5H,12H2,1-2H3,(H,17,18)(H,13,14,15). The first kappa shape index (κ1) is 11.9. The Morgan fingerprint density at radius 2 is 2.28 bits per heavy atom. The maximum atomic E-state index is 10.9. The highest BCUT2D eigenvalue weighted by Gasteiger charge is 2.13. The van der Waals surface area contributed by atoms with Crippen molar-refractivity contribution >= 4 is 23.3 Å². The minimum atomic E-state index is -1.09. The van der Waals surface area contributed by atoms with E-state index in [4.69, 9.17) is 10.8 Å². The number of hydrogen-bond acceptors (Lipinski definition) is 5. The summed E-state index contributed by atoms with van der Waals surface area (Å²) in [7, 11) is 1.81. The van der Waals surface area contributed by atoms with Gasteiger partial charge in [0.2, 0.25) is 0 Å². The van der Waals surface area contributed by atoms with Crippen LogP contribution in [0.5, 0.6) is 0 Å². The minimum absolute atomic E-state index is 0.0140. The predicted octanol–water partition coefficient (Wildman–Crippen LogP) is 1.15. The third kappa shape index (κ3) is 2.10. The van der Waals surface area contributed by atoms with E-state index in [1.165, 1.54) is 12.3 Å². The molecule has 0 radical (unpaired) electrons. The number of anilines is 3. The van der Waals surface area contributed by atoms with Gasteiger partial charge in [0.15, 0.2) is 11.6 Å². The van der Waals surface area contributed by atoms with Crippen molar-refractivity contribution in [2.45, 2.75) is 6.92 Å². The molecule has 7 nitrogen and oxygen atoms in total. The Kier molecular flexibility index (Phi) is 2.88. The molecular weight excluding hydrogens is 234 g/mol. The van der Waals surface area contributed by atoms with E-state index in [1.807, 2.05) is 20.0 Å². The van der Waals surface area contributed by atoms with Gasteiger partial charge in [-0.2, -0.15) is 5.10 Å². The quantitative estimate of drug-likeness (QED) is 0.751. The molecular formula is C11H13N5O2. The molecule has 2 aromatic heterocycles. The number of carboxylic acids is 1. The summed E-state index contributed by atoms with van der Waals surface area (Å²) in [6.07, 6.45) is 1.39. The first-order chi connectivity index (χ1) is 8.49. The fourth-order valence-electron chi connectivity index (χ4n) is 1.50. The molecule has 0 saturated carbocycles. The molecule has 0 aliphatic rings. The first-order valence-electron chi connectivity index (χ1n) is 5.24. The molecule has 0 aliphatic carbocycles. The van der Waals surface area contributed by atoms with Crippen molar-refractivity contribution < 1.29 is 9.90 Å². The Morgan fingerprint density at radius 1 is 1.56 bits per heavy atom. The van der Waals surface area contributed by atoms with Crippen molar-refractivity contribution in [3.8, 4) is 0 Å². The van der Waals surface area contributed by atoms with Crippen LogP contribution in [0.25, 0.3) is 0 Å². The summed E-state index contributed by atoms with van der Waals surface area (Å²) in [5.41, 5.74) is 6.80. The fourth-order valence-corrected chi connectivity index (χ4v) is 1.50. The second-order valence-corrected chi connectivity index (χ2v) is 3.85. The van der Waals surface area contributed by atoms with E-state index in [0.717, 1.165) is 5.69 Å². The van der Waals surface area contributed by atoms with Crippen LogP contribution in [0.2, 0.25) is 0 Å². The molecule has 0 aromatic carbocycles. The number of nitrogens with zero attached hydrogens (tertiary/aromatic N) is 3. The molecule has 0 bridgehead atoms. The molecule has 0 spiro atoms. The maximum Gasteiger partial charge on any atom is 0.337 e. The highest BCUT2D eigenvalue weighted by molar-refractivity contribution is 5.96.